The van der Waals surface area contributed by atoms with Gasteiger partial charge in [-0.1, -0.05) is 11.3 Å². The molecule has 0 aliphatic heterocycles. The van der Waals surface area contributed by atoms with E-state index in [9.17, 15) is 0 Å². The molecular weight excluding hydrogens is 222 g/mol. The van der Waals surface area contributed by atoms with E-state index in [4.69, 9.17) is 11.6 Å². The van der Waals surface area contributed by atoms with Crippen molar-refractivity contribution >= 4 is 22.9 Å². The van der Waals surface area contributed by atoms with E-state index >= 15 is 0 Å². The molecule has 0 aliphatic carbocycles. The first-order valence-electron chi connectivity index (χ1n) is 3.99. The quantitative estimate of drug-likeness (QED) is 0.732. The highest BCUT2D eigenvalue weighted by atomic mass is 35.5. The molecule has 0 bridgehead atoms. The second kappa shape index (κ2) is 3.62. The molecule has 2 aromatic rings. The highest BCUT2D eigenvalue weighted by molar-refractivity contribution is 7.13. The Hall–Kier alpha value is -1.01. The number of halogens is 1. The normalized spacial score (nSPS) is 10.8. The van der Waals surface area contributed by atoms with Gasteiger partial charge >= 0.3 is 0 Å². The van der Waals surface area contributed by atoms with Gasteiger partial charge in [0.1, 0.15) is 16.7 Å². The van der Waals surface area contributed by atoms with Crippen LogP contribution < -0.4 is 0 Å². The van der Waals surface area contributed by atoms with Crippen molar-refractivity contribution in [2.45, 2.75) is 19.7 Å². The first-order chi connectivity index (χ1) is 6.70. The van der Waals surface area contributed by atoms with Crippen LogP contribution in [0, 0.1) is 13.8 Å². The van der Waals surface area contributed by atoms with Gasteiger partial charge in [0, 0.05) is 0 Å². The van der Waals surface area contributed by atoms with Crippen molar-refractivity contribution < 1.29 is 0 Å². The largest absolute Gasteiger partial charge is 0.234 e. The van der Waals surface area contributed by atoms with Crippen LogP contribution in [0.3, 0.4) is 0 Å². The van der Waals surface area contributed by atoms with Crippen LogP contribution in [0.15, 0.2) is 0 Å². The Morgan fingerprint density at radius 3 is 2.64 bits per heavy atom. The molecule has 0 radical (unpaired) electrons. The third kappa shape index (κ3) is 1.62. The minimum absolute atomic E-state index is 0.379. The fourth-order valence-corrected chi connectivity index (χ4v) is 1.99. The molecular formula is C7H8ClN5S. The van der Waals surface area contributed by atoms with E-state index < -0.39 is 0 Å². The van der Waals surface area contributed by atoms with Crippen molar-refractivity contribution in [2.75, 3.05) is 0 Å². The minimum Gasteiger partial charge on any atom is -0.217 e. The average molecular weight is 230 g/mol. The van der Waals surface area contributed by atoms with E-state index in [1.807, 2.05) is 13.8 Å². The van der Waals surface area contributed by atoms with E-state index in [-0.39, 0.29) is 0 Å². The van der Waals surface area contributed by atoms with Gasteiger partial charge in [0.2, 0.25) is 5.13 Å². The second-order valence-corrected chi connectivity index (χ2v) is 4.04. The molecule has 2 heterocycles. The number of hydrogen-bond donors (Lipinski definition) is 0. The van der Waals surface area contributed by atoms with Gasteiger partial charge in [-0.25, -0.2) is 4.98 Å². The zero-order valence-corrected chi connectivity index (χ0v) is 9.30. The number of alkyl halides is 1. The second-order valence-electron chi connectivity index (χ2n) is 2.73. The Labute approximate surface area is 89.8 Å². The van der Waals surface area contributed by atoms with Gasteiger partial charge in [0.15, 0.2) is 0 Å². The SMILES string of the molecule is Cc1nc(C)n(-c2nnc(CCl)s2)n1. The Bertz CT molecular complexity index is 449. The molecule has 14 heavy (non-hydrogen) atoms. The summed E-state index contributed by atoms with van der Waals surface area (Å²) in [6, 6.07) is 0. The molecule has 0 atom stereocenters. The summed E-state index contributed by atoms with van der Waals surface area (Å²) in [4.78, 5) is 4.18. The summed E-state index contributed by atoms with van der Waals surface area (Å²) in [5, 5.41) is 13.6. The summed E-state index contributed by atoms with van der Waals surface area (Å²) in [5.41, 5.74) is 0. The van der Waals surface area contributed by atoms with Crippen molar-refractivity contribution in [1.82, 2.24) is 25.0 Å². The Kier molecular flexibility index (Phi) is 2.47. The Morgan fingerprint density at radius 2 is 2.14 bits per heavy atom. The standard InChI is InChI=1S/C7H8ClN5S/c1-4-9-5(2)13(12-4)7-11-10-6(3-8)14-7/h3H2,1-2H3. The fourth-order valence-electron chi connectivity index (χ4n) is 1.09. The molecule has 0 aliphatic rings. The van der Waals surface area contributed by atoms with Crippen LogP contribution in [0.5, 0.6) is 0 Å². The monoisotopic (exact) mass is 229 g/mol. The van der Waals surface area contributed by atoms with Crippen LogP contribution in [-0.4, -0.2) is 25.0 Å². The van der Waals surface area contributed by atoms with Gasteiger partial charge in [0.25, 0.3) is 0 Å². The van der Waals surface area contributed by atoms with Gasteiger partial charge in [-0.3, -0.25) is 0 Å². The molecule has 2 rings (SSSR count). The number of nitrogens with zero attached hydrogens (tertiary/aromatic N) is 5. The van der Waals surface area contributed by atoms with Crippen LogP contribution in [0.25, 0.3) is 5.13 Å². The van der Waals surface area contributed by atoms with E-state index in [1.54, 1.807) is 4.68 Å². The molecule has 0 fully saturated rings. The maximum Gasteiger partial charge on any atom is 0.234 e. The molecule has 0 amide bonds. The number of aromatic nitrogens is 5. The lowest BCUT2D eigenvalue weighted by Gasteiger charge is -1.93. The summed E-state index contributed by atoms with van der Waals surface area (Å²) in [6.45, 7) is 3.72. The lowest BCUT2D eigenvalue weighted by atomic mass is 10.7. The summed E-state index contributed by atoms with van der Waals surface area (Å²) < 4.78 is 1.67. The zero-order chi connectivity index (χ0) is 10.1. The van der Waals surface area contributed by atoms with Crippen LogP contribution in [0.4, 0.5) is 0 Å². The van der Waals surface area contributed by atoms with E-state index in [0.29, 0.717) is 11.0 Å². The van der Waals surface area contributed by atoms with Crippen LogP contribution >= 0.6 is 22.9 Å². The maximum atomic E-state index is 5.64. The Morgan fingerprint density at radius 1 is 1.36 bits per heavy atom. The topological polar surface area (TPSA) is 56.5 Å². The van der Waals surface area contributed by atoms with Crippen LogP contribution in [0.1, 0.15) is 16.7 Å². The van der Waals surface area contributed by atoms with E-state index in [2.05, 4.69) is 20.3 Å². The third-order valence-electron chi connectivity index (χ3n) is 1.63. The summed E-state index contributed by atoms with van der Waals surface area (Å²) >= 11 is 7.06. The predicted molar refractivity (Wildman–Crippen MR) is 53.9 cm³/mol. The summed E-state index contributed by atoms with van der Waals surface area (Å²) in [5.74, 6) is 1.91. The lowest BCUT2D eigenvalue weighted by Crippen LogP contribution is -1.98. The van der Waals surface area contributed by atoms with Gasteiger partial charge in [-0.15, -0.1) is 26.9 Å². The number of hydrogen-bond acceptors (Lipinski definition) is 5. The molecule has 0 N–H and O–H groups in total. The maximum absolute atomic E-state index is 5.64. The van der Waals surface area contributed by atoms with Gasteiger partial charge in [-0.05, 0) is 13.8 Å². The molecule has 0 spiro atoms. The zero-order valence-electron chi connectivity index (χ0n) is 7.73. The first kappa shape index (κ1) is 9.54. The first-order valence-corrected chi connectivity index (χ1v) is 5.35. The molecule has 0 saturated heterocycles. The minimum atomic E-state index is 0.379. The van der Waals surface area contributed by atoms with Crippen molar-refractivity contribution in [2.24, 2.45) is 0 Å². The molecule has 5 nitrogen and oxygen atoms in total. The smallest absolute Gasteiger partial charge is 0.217 e. The third-order valence-corrected chi connectivity index (χ3v) is 2.94. The molecule has 0 saturated carbocycles. The molecule has 0 aromatic carbocycles. The van der Waals surface area contributed by atoms with Gasteiger partial charge in [0.05, 0.1) is 5.88 Å². The predicted octanol–water partition coefficient (Wildman–Crippen LogP) is 1.47. The molecule has 7 heteroatoms. The van der Waals surface area contributed by atoms with Crippen LogP contribution in [-0.2, 0) is 5.88 Å². The lowest BCUT2D eigenvalue weighted by molar-refractivity contribution is 0.804. The van der Waals surface area contributed by atoms with E-state index in [0.717, 1.165) is 16.7 Å². The van der Waals surface area contributed by atoms with Crippen molar-refractivity contribution in [1.29, 1.82) is 0 Å². The van der Waals surface area contributed by atoms with Crippen LogP contribution in [0.2, 0.25) is 0 Å². The number of rotatable bonds is 2. The summed E-state index contributed by atoms with van der Waals surface area (Å²) in [7, 11) is 0. The highest BCUT2D eigenvalue weighted by Gasteiger charge is 2.10. The number of aryl methyl sites for hydroxylation is 2. The van der Waals surface area contributed by atoms with Crippen molar-refractivity contribution in [3.63, 3.8) is 0 Å². The van der Waals surface area contributed by atoms with Gasteiger partial charge < -0.3 is 0 Å². The summed E-state index contributed by atoms with van der Waals surface area (Å²) in [6.07, 6.45) is 0. The fraction of sp³-hybridized carbons (Fsp3) is 0.429. The van der Waals surface area contributed by atoms with Crippen molar-refractivity contribution in [3.8, 4) is 5.13 Å². The van der Waals surface area contributed by atoms with E-state index in [1.165, 1.54) is 11.3 Å². The Balaban J connectivity index is 2.43. The molecule has 74 valence electrons. The van der Waals surface area contributed by atoms with Crippen molar-refractivity contribution in [3.05, 3.63) is 16.7 Å². The molecule has 2 aromatic heterocycles. The average Bonchev–Trinajstić information content (AvgIpc) is 2.71. The van der Waals surface area contributed by atoms with Gasteiger partial charge in [-0.2, -0.15) is 4.68 Å². The highest BCUT2D eigenvalue weighted by Crippen LogP contribution is 2.16. The molecule has 0 unspecified atom stereocenters.